The van der Waals surface area contributed by atoms with Crippen LogP contribution < -0.4 is 5.32 Å². The summed E-state index contributed by atoms with van der Waals surface area (Å²) < 4.78 is 5.52. The summed E-state index contributed by atoms with van der Waals surface area (Å²) >= 11 is 0. The maximum absolute atomic E-state index is 12.2. The number of imidazole rings is 1. The molecule has 1 aliphatic rings. The van der Waals surface area contributed by atoms with E-state index in [9.17, 15) is 4.79 Å². The lowest BCUT2D eigenvalue weighted by Crippen LogP contribution is -2.31. The fourth-order valence-corrected chi connectivity index (χ4v) is 2.91. The van der Waals surface area contributed by atoms with E-state index in [0.717, 1.165) is 43.0 Å². The van der Waals surface area contributed by atoms with Gasteiger partial charge in [-0.3, -0.25) is 4.79 Å². The molecule has 1 fully saturated rings. The van der Waals surface area contributed by atoms with E-state index < -0.39 is 0 Å². The van der Waals surface area contributed by atoms with Crippen LogP contribution in [0, 0.1) is 0 Å². The highest BCUT2D eigenvalue weighted by Gasteiger charge is 2.22. The number of hydrogen-bond acceptors (Lipinski definition) is 3. The molecule has 2 aromatic rings. The average Bonchev–Trinajstić information content (AvgIpc) is 3.25. The van der Waals surface area contributed by atoms with E-state index in [0.29, 0.717) is 6.42 Å². The van der Waals surface area contributed by atoms with Crippen molar-refractivity contribution in [2.24, 2.45) is 0 Å². The molecule has 1 saturated heterocycles. The lowest BCUT2D eigenvalue weighted by atomic mass is 10.1. The third kappa shape index (κ3) is 3.99. The van der Waals surface area contributed by atoms with Crippen LogP contribution in [-0.2, 0) is 9.53 Å². The highest BCUT2D eigenvalue weighted by molar-refractivity contribution is 5.77. The van der Waals surface area contributed by atoms with Crippen molar-refractivity contribution in [2.45, 2.75) is 44.8 Å². The zero-order valence-corrected chi connectivity index (χ0v) is 13.4. The molecule has 0 unspecified atom stereocenters. The Morgan fingerprint density at radius 2 is 2.26 bits per heavy atom. The minimum Gasteiger partial charge on any atom is -0.378 e. The van der Waals surface area contributed by atoms with E-state index in [1.165, 1.54) is 0 Å². The van der Waals surface area contributed by atoms with Gasteiger partial charge in [0.15, 0.2) is 0 Å². The number of amides is 1. The molecule has 0 spiro atoms. The molecule has 5 heteroatoms. The molecule has 122 valence electrons. The Labute approximate surface area is 136 Å². The molecule has 2 heterocycles. The lowest BCUT2D eigenvalue weighted by molar-refractivity contribution is -0.124. The van der Waals surface area contributed by atoms with Crippen LogP contribution >= 0.6 is 0 Å². The number of nitrogens with zero attached hydrogens (tertiary/aromatic N) is 1. The molecule has 2 atom stereocenters. The van der Waals surface area contributed by atoms with Gasteiger partial charge in [0.05, 0.1) is 30.5 Å². The van der Waals surface area contributed by atoms with Crippen LogP contribution in [0.1, 0.15) is 44.5 Å². The molecule has 1 amide bonds. The average molecular weight is 313 g/mol. The zero-order chi connectivity index (χ0) is 16.1. The summed E-state index contributed by atoms with van der Waals surface area (Å²) in [5.74, 6) is 0.827. The van der Waals surface area contributed by atoms with Crippen molar-refractivity contribution < 1.29 is 9.53 Å². The van der Waals surface area contributed by atoms with Gasteiger partial charge in [0.25, 0.3) is 0 Å². The largest absolute Gasteiger partial charge is 0.378 e. The molecule has 0 aliphatic carbocycles. The van der Waals surface area contributed by atoms with Crippen molar-refractivity contribution in [3.8, 4) is 11.3 Å². The maximum atomic E-state index is 12.2. The molecule has 1 aromatic heterocycles. The summed E-state index contributed by atoms with van der Waals surface area (Å²) in [5, 5.41) is 3.06. The van der Waals surface area contributed by atoms with Crippen LogP contribution in [0.2, 0.25) is 0 Å². The number of H-pyrrole nitrogens is 1. The van der Waals surface area contributed by atoms with Crippen LogP contribution in [0.25, 0.3) is 11.3 Å². The summed E-state index contributed by atoms with van der Waals surface area (Å²) in [6.07, 6.45) is 5.14. The fraction of sp³-hybridized carbons (Fsp3) is 0.444. The predicted molar refractivity (Wildman–Crippen MR) is 88.8 cm³/mol. The van der Waals surface area contributed by atoms with Crippen molar-refractivity contribution in [3.63, 3.8) is 0 Å². The van der Waals surface area contributed by atoms with Gasteiger partial charge >= 0.3 is 0 Å². The highest BCUT2D eigenvalue weighted by atomic mass is 16.5. The Bertz CT molecular complexity index is 633. The second-order valence-electron chi connectivity index (χ2n) is 5.92. The molecule has 1 aliphatic heterocycles. The van der Waals surface area contributed by atoms with Crippen molar-refractivity contribution >= 4 is 5.91 Å². The SMILES string of the molecule is CC[C@H](NC(=O)C[C@@H]1CCCO1)c1ncc(-c2ccccc2)[nH]1. The second kappa shape index (κ2) is 7.42. The van der Waals surface area contributed by atoms with Gasteiger partial charge in [-0.25, -0.2) is 4.98 Å². The number of ether oxygens (including phenoxy) is 1. The third-order valence-corrected chi connectivity index (χ3v) is 4.19. The first kappa shape index (κ1) is 15.7. The Balaban J connectivity index is 1.64. The minimum absolute atomic E-state index is 0.0291. The normalized spacial score (nSPS) is 18.7. The smallest absolute Gasteiger partial charge is 0.223 e. The second-order valence-corrected chi connectivity index (χ2v) is 5.92. The molecule has 5 nitrogen and oxygen atoms in total. The number of aromatic nitrogens is 2. The van der Waals surface area contributed by atoms with Gasteiger partial charge in [-0.1, -0.05) is 37.3 Å². The van der Waals surface area contributed by atoms with Crippen LogP contribution in [0.3, 0.4) is 0 Å². The van der Waals surface area contributed by atoms with Gasteiger partial charge in [0.2, 0.25) is 5.91 Å². The van der Waals surface area contributed by atoms with Gasteiger partial charge in [0, 0.05) is 6.61 Å². The summed E-state index contributed by atoms with van der Waals surface area (Å²) in [7, 11) is 0. The van der Waals surface area contributed by atoms with Gasteiger partial charge in [0.1, 0.15) is 5.82 Å². The molecule has 1 aromatic carbocycles. The summed E-state index contributed by atoms with van der Waals surface area (Å²) in [4.78, 5) is 20.0. The van der Waals surface area contributed by atoms with Gasteiger partial charge in [-0.05, 0) is 24.8 Å². The van der Waals surface area contributed by atoms with Gasteiger partial charge < -0.3 is 15.0 Å². The Morgan fingerprint density at radius 3 is 2.96 bits per heavy atom. The number of aromatic amines is 1. The topological polar surface area (TPSA) is 67.0 Å². The van der Waals surface area contributed by atoms with E-state index in [2.05, 4.69) is 15.3 Å². The third-order valence-electron chi connectivity index (χ3n) is 4.19. The molecular weight excluding hydrogens is 290 g/mol. The molecule has 3 rings (SSSR count). The quantitative estimate of drug-likeness (QED) is 0.860. The van der Waals surface area contributed by atoms with Crippen LogP contribution in [0.15, 0.2) is 36.5 Å². The number of carbonyl (C=O) groups is 1. The molecule has 0 bridgehead atoms. The van der Waals surface area contributed by atoms with Crippen molar-refractivity contribution in [1.29, 1.82) is 0 Å². The fourth-order valence-electron chi connectivity index (χ4n) is 2.91. The van der Waals surface area contributed by atoms with Gasteiger partial charge in [-0.15, -0.1) is 0 Å². The standard InChI is InChI=1S/C18H23N3O2/c1-2-15(20-17(22)11-14-9-6-10-23-14)18-19-12-16(21-18)13-7-4-3-5-8-13/h3-5,7-8,12,14-15H,2,6,9-11H2,1H3,(H,19,21)(H,20,22)/t14-,15-/m0/s1. The first-order chi connectivity index (χ1) is 11.3. The molecule has 0 saturated carbocycles. The molecule has 0 radical (unpaired) electrons. The van der Waals surface area contributed by atoms with Gasteiger partial charge in [-0.2, -0.15) is 0 Å². The minimum atomic E-state index is -0.0960. The van der Waals surface area contributed by atoms with Crippen LogP contribution in [-0.4, -0.2) is 28.6 Å². The van der Waals surface area contributed by atoms with E-state index in [1.54, 1.807) is 0 Å². The Hall–Kier alpha value is -2.14. The first-order valence-corrected chi connectivity index (χ1v) is 8.27. The number of nitrogens with one attached hydrogen (secondary N) is 2. The monoisotopic (exact) mass is 313 g/mol. The zero-order valence-electron chi connectivity index (χ0n) is 13.4. The van der Waals surface area contributed by atoms with Crippen LogP contribution in [0.5, 0.6) is 0 Å². The van der Waals surface area contributed by atoms with E-state index in [1.807, 2.05) is 43.5 Å². The summed E-state index contributed by atoms with van der Waals surface area (Å²) in [6.45, 7) is 2.81. The number of rotatable bonds is 6. The molecular formula is C18H23N3O2. The Morgan fingerprint density at radius 1 is 1.43 bits per heavy atom. The highest BCUT2D eigenvalue weighted by Crippen LogP contribution is 2.21. The van der Waals surface area contributed by atoms with E-state index in [4.69, 9.17) is 4.74 Å². The number of carbonyl (C=O) groups excluding carboxylic acids is 1. The molecule has 23 heavy (non-hydrogen) atoms. The first-order valence-electron chi connectivity index (χ1n) is 8.27. The van der Waals surface area contributed by atoms with Crippen molar-refractivity contribution in [1.82, 2.24) is 15.3 Å². The summed E-state index contributed by atoms with van der Waals surface area (Å²) in [5.41, 5.74) is 2.05. The van der Waals surface area contributed by atoms with E-state index >= 15 is 0 Å². The lowest BCUT2D eigenvalue weighted by Gasteiger charge is -2.16. The van der Waals surface area contributed by atoms with Crippen molar-refractivity contribution in [2.75, 3.05) is 6.61 Å². The summed E-state index contributed by atoms with van der Waals surface area (Å²) in [6, 6.07) is 9.96. The van der Waals surface area contributed by atoms with E-state index in [-0.39, 0.29) is 18.1 Å². The van der Waals surface area contributed by atoms with Crippen LogP contribution in [0.4, 0.5) is 0 Å². The number of benzene rings is 1. The molecule has 2 N–H and O–H groups in total. The Kier molecular flexibility index (Phi) is 5.08. The van der Waals surface area contributed by atoms with Crippen molar-refractivity contribution in [3.05, 3.63) is 42.4 Å². The number of hydrogen-bond donors (Lipinski definition) is 2. The maximum Gasteiger partial charge on any atom is 0.223 e. The predicted octanol–water partition coefficient (Wildman–Crippen LogP) is 3.21.